The molecular weight excluding hydrogens is 310 g/mol. The number of rotatable bonds is 7. The zero-order valence-electron chi connectivity index (χ0n) is 11.6. The lowest BCUT2D eigenvalue weighted by Gasteiger charge is -2.15. The summed E-state index contributed by atoms with van der Waals surface area (Å²) in [5.41, 5.74) is 0.460. The van der Waals surface area contributed by atoms with Crippen LogP contribution in [0.3, 0.4) is 0 Å². The molecule has 0 aliphatic carbocycles. The number of amides is 2. The minimum absolute atomic E-state index is 0.0217. The fourth-order valence-electron chi connectivity index (χ4n) is 2.00. The molecule has 2 rings (SSSR count). The van der Waals surface area contributed by atoms with Crippen LogP contribution in [-0.4, -0.2) is 53.0 Å². The molecule has 0 spiro atoms. The van der Waals surface area contributed by atoms with Crippen LogP contribution in [0.5, 0.6) is 0 Å². The van der Waals surface area contributed by atoms with Crippen molar-refractivity contribution in [3.63, 3.8) is 0 Å². The van der Waals surface area contributed by atoms with Crippen LogP contribution in [0.2, 0.25) is 0 Å². The van der Waals surface area contributed by atoms with E-state index in [1.165, 1.54) is 17.4 Å². The van der Waals surface area contributed by atoms with Gasteiger partial charge in [0.15, 0.2) is 5.11 Å². The van der Waals surface area contributed by atoms with Gasteiger partial charge >= 0.3 is 0 Å². The van der Waals surface area contributed by atoms with Gasteiger partial charge in [-0.1, -0.05) is 0 Å². The number of hydrogen-bond acceptors (Lipinski definition) is 5. The van der Waals surface area contributed by atoms with Crippen LogP contribution >= 0.6 is 24.0 Å². The fourth-order valence-corrected chi connectivity index (χ4v) is 2.79. The highest BCUT2D eigenvalue weighted by Crippen LogP contribution is 2.11. The summed E-state index contributed by atoms with van der Waals surface area (Å²) in [5.74, 6) is 0.650. The maximum Gasteiger partial charge on any atom is 0.254 e. The van der Waals surface area contributed by atoms with Crippen molar-refractivity contribution in [1.29, 1.82) is 0 Å². The van der Waals surface area contributed by atoms with Crippen molar-refractivity contribution in [2.24, 2.45) is 0 Å². The van der Waals surface area contributed by atoms with Crippen LogP contribution < -0.4 is 10.6 Å². The topological polar surface area (TPSA) is 74.6 Å². The summed E-state index contributed by atoms with van der Waals surface area (Å²) in [6, 6.07) is 1.34. The molecule has 1 atom stereocenters. The highest BCUT2D eigenvalue weighted by atomic mass is 32.2. The number of carbonyl (C=O) groups excluding carboxylic acids is 2. The Labute approximate surface area is 132 Å². The standard InChI is InChI=1S/C13H17N3O3S2/c1-21-7-3-10-12(18)16(13(20)15-10)5-4-14-11(17)9-2-6-19-8-9/h2,6,8,10H,3-5,7H2,1H3,(H,14,17)(H,15,20)/t10-/m1/s1. The molecule has 8 heteroatoms. The molecule has 2 N–H and O–H groups in total. The molecule has 21 heavy (non-hydrogen) atoms. The van der Waals surface area contributed by atoms with Gasteiger partial charge in [-0.25, -0.2) is 0 Å². The average molecular weight is 327 g/mol. The van der Waals surface area contributed by atoms with E-state index in [9.17, 15) is 9.59 Å². The minimum Gasteiger partial charge on any atom is -0.472 e. The first-order valence-electron chi connectivity index (χ1n) is 6.54. The van der Waals surface area contributed by atoms with Gasteiger partial charge < -0.3 is 15.1 Å². The SMILES string of the molecule is CSCC[C@H]1NC(=S)N(CCNC(=O)c2ccoc2)C1=O. The first-order valence-corrected chi connectivity index (χ1v) is 8.35. The molecule has 1 saturated heterocycles. The molecule has 1 fully saturated rings. The first kappa shape index (κ1) is 15.8. The van der Waals surface area contributed by atoms with E-state index in [1.54, 1.807) is 17.8 Å². The Hall–Kier alpha value is -1.54. The maximum absolute atomic E-state index is 12.2. The van der Waals surface area contributed by atoms with Crippen LogP contribution in [0.1, 0.15) is 16.8 Å². The third-order valence-electron chi connectivity index (χ3n) is 3.12. The van der Waals surface area contributed by atoms with Crippen LogP contribution in [-0.2, 0) is 4.79 Å². The quantitative estimate of drug-likeness (QED) is 0.723. The Morgan fingerprint density at radius 1 is 1.62 bits per heavy atom. The van der Waals surface area contributed by atoms with Gasteiger partial charge in [-0.2, -0.15) is 11.8 Å². The molecule has 0 bridgehead atoms. The van der Waals surface area contributed by atoms with E-state index >= 15 is 0 Å². The van der Waals surface area contributed by atoms with Crippen LogP contribution in [0.25, 0.3) is 0 Å². The molecule has 2 amide bonds. The smallest absolute Gasteiger partial charge is 0.254 e. The molecule has 0 unspecified atom stereocenters. The highest BCUT2D eigenvalue weighted by Gasteiger charge is 2.34. The van der Waals surface area contributed by atoms with E-state index in [1.807, 2.05) is 6.26 Å². The van der Waals surface area contributed by atoms with Crippen molar-refractivity contribution in [2.45, 2.75) is 12.5 Å². The largest absolute Gasteiger partial charge is 0.472 e. The summed E-state index contributed by atoms with van der Waals surface area (Å²) in [6.45, 7) is 0.705. The Bertz CT molecular complexity index is 519. The van der Waals surface area contributed by atoms with Gasteiger partial charge in [-0.3, -0.25) is 14.5 Å². The van der Waals surface area contributed by atoms with Crippen molar-refractivity contribution in [1.82, 2.24) is 15.5 Å². The number of thioether (sulfide) groups is 1. The van der Waals surface area contributed by atoms with E-state index < -0.39 is 0 Å². The van der Waals surface area contributed by atoms with E-state index in [-0.39, 0.29) is 17.9 Å². The Balaban J connectivity index is 1.79. The summed E-state index contributed by atoms with van der Waals surface area (Å²) in [6.07, 6.45) is 5.56. The fraction of sp³-hybridized carbons (Fsp3) is 0.462. The predicted octanol–water partition coefficient (Wildman–Crippen LogP) is 0.848. The number of carbonyl (C=O) groups is 2. The lowest BCUT2D eigenvalue weighted by atomic mass is 10.2. The number of hydrogen-bond donors (Lipinski definition) is 2. The molecule has 114 valence electrons. The normalized spacial score (nSPS) is 18.0. The molecule has 6 nitrogen and oxygen atoms in total. The van der Waals surface area contributed by atoms with Gasteiger partial charge in [0.2, 0.25) is 0 Å². The Morgan fingerprint density at radius 3 is 3.10 bits per heavy atom. The second-order valence-corrected chi connectivity index (χ2v) is 5.91. The van der Waals surface area contributed by atoms with Gasteiger partial charge in [-0.15, -0.1) is 0 Å². The number of thiocarbonyl (C=S) groups is 1. The van der Waals surface area contributed by atoms with Crippen LogP contribution in [0.15, 0.2) is 23.0 Å². The summed E-state index contributed by atoms with van der Waals surface area (Å²) in [7, 11) is 0. The zero-order valence-corrected chi connectivity index (χ0v) is 13.3. The molecule has 2 heterocycles. The highest BCUT2D eigenvalue weighted by molar-refractivity contribution is 7.98. The lowest BCUT2D eigenvalue weighted by Crippen LogP contribution is -2.38. The monoisotopic (exact) mass is 327 g/mol. The van der Waals surface area contributed by atoms with Crippen molar-refractivity contribution < 1.29 is 14.0 Å². The maximum atomic E-state index is 12.2. The second-order valence-electron chi connectivity index (χ2n) is 4.54. The van der Waals surface area contributed by atoms with E-state index in [2.05, 4.69) is 10.6 Å². The lowest BCUT2D eigenvalue weighted by molar-refractivity contribution is -0.127. The third kappa shape index (κ3) is 3.98. The average Bonchev–Trinajstić information content (AvgIpc) is 3.08. The van der Waals surface area contributed by atoms with Crippen LogP contribution in [0.4, 0.5) is 0 Å². The summed E-state index contributed by atoms with van der Waals surface area (Å²) in [5, 5.41) is 6.18. The third-order valence-corrected chi connectivity index (χ3v) is 4.10. The van der Waals surface area contributed by atoms with Gasteiger partial charge in [-0.05, 0) is 36.7 Å². The summed E-state index contributed by atoms with van der Waals surface area (Å²) >= 11 is 6.86. The van der Waals surface area contributed by atoms with Crippen molar-refractivity contribution in [3.05, 3.63) is 24.2 Å². The first-order chi connectivity index (χ1) is 10.1. The van der Waals surface area contributed by atoms with Crippen LogP contribution in [0, 0.1) is 0 Å². The molecule has 1 aromatic rings. The van der Waals surface area contributed by atoms with E-state index in [0.717, 1.165) is 12.2 Å². The number of nitrogens with one attached hydrogen (secondary N) is 2. The summed E-state index contributed by atoms with van der Waals surface area (Å²) < 4.78 is 4.84. The van der Waals surface area contributed by atoms with E-state index in [4.69, 9.17) is 16.6 Å². The van der Waals surface area contributed by atoms with Crippen molar-refractivity contribution in [2.75, 3.05) is 25.1 Å². The second kappa shape index (κ2) is 7.46. The van der Waals surface area contributed by atoms with Crippen molar-refractivity contribution >= 4 is 40.9 Å². The molecule has 1 aliphatic rings. The molecule has 0 radical (unpaired) electrons. The summed E-state index contributed by atoms with van der Waals surface area (Å²) in [4.78, 5) is 25.4. The number of nitrogens with zero attached hydrogens (tertiary/aromatic N) is 1. The molecule has 1 aliphatic heterocycles. The van der Waals surface area contributed by atoms with Gasteiger partial charge in [0.1, 0.15) is 12.3 Å². The van der Waals surface area contributed by atoms with Gasteiger partial charge in [0.05, 0.1) is 11.8 Å². The van der Waals surface area contributed by atoms with Gasteiger partial charge in [0.25, 0.3) is 11.8 Å². The zero-order chi connectivity index (χ0) is 15.2. The number of furan rings is 1. The molecule has 1 aromatic heterocycles. The minimum atomic E-state index is -0.241. The molecule has 0 aromatic carbocycles. The molecular formula is C13H17N3O3S2. The Morgan fingerprint density at radius 2 is 2.43 bits per heavy atom. The van der Waals surface area contributed by atoms with Gasteiger partial charge in [0, 0.05) is 13.1 Å². The molecule has 0 saturated carbocycles. The Kier molecular flexibility index (Phi) is 5.63. The van der Waals surface area contributed by atoms with Crippen molar-refractivity contribution in [3.8, 4) is 0 Å². The van der Waals surface area contributed by atoms with E-state index in [0.29, 0.717) is 23.8 Å². The predicted molar refractivity (Wildman–Crippen MR) is 85.3 cm³/mol.